The second-order valence-corrected chi connectivity index (χ2v) is 5.89. The number of halogens is 1. The number of aromatic nitrogens is 2. The maximum absolute atomic E-state index is 6.17. The van der Waals surface area contributed by atoms with Gasteiger partial charge in [-0.05, 0) is 29.8 Å². The number of hydrogen-bond donors (Lipinski definition) is 2. The molecule has 6 heteroatoms. The van der Waals surface area contributed by atoms with E-state index in [-0.39, 0.29) is 0 Å². The zero-order chi connectivity index (χ0) is 14.8. The minimum absolute atomic E-state index is 0.399. The number of nitrogens with zero attached hydrogens (tertiary/aromatic N) is 1. The number of benzene rings is 2. The Balaban J connectivity index is 1.97. The van der Waals surface area contributed by atoms with Crippen molar-refractivity contribution >= 4 is 34.4 Å². The number of rotatable bonds is 4. The third kappa shape index (κ3) is 2.85. The largest absolute Gasteiger partial charge is 0.497 e. The highest BCUT2D eigenvalue weighted by Crippen LogP contribution is 2.33. The van der Waals surface area contributed by atoms with E-state index in [1.54, 1.807) is 7.11 Å². The minimum atomic E-state index is 0.399. The normalized spacial score (nSPS) is 11.0. The van der Waals surface area contributed by atoms with Crippen molar-refractivity contribution in [2.75, 3.05) is 7.11 Å². The van der Waals surface area contributed by atoms with Crippen LogP contribution in [0.5, 0.6) is 5.75 Å². The van der Waals surface area contributed by atoms with Crippen LogP contribution in [0.3, 0.4) is 0 Å². The Labute approximate surface area is 131 Å². The second-order valence-electron chi connectivity index (χ2n) is 4.45. The summed E-state index contributed by atoms with van der Waals surface area (Å²) in [7, 11) is 1.65. The number of aromatic amines is 1. The number of H-pyrrole nitrogens is 1. The van der Waals surface area contributed by atoms with Gasteiger partial charge in [-0.15, -0.1) is 0 Å². The third-order valence-corrected chi connectivity index (χ3v) is 4.50. The van der Waals surface area contributed by atoms with Crippen LogP contribution in [-0.4, -0.2) is 17.1 Å². The number of nitrogens with two attached hydrogens (primary N) is 1. The van der Waals surface area contributed by atoms with Gasteiger partial charge in [0.1, 0.15) is 5.75 Å². The Morgan fingerprint density at radius 2 is 2.19 bits per heavy atom. The fourth-order valence-electron chi connectivity index (χ4n) is 2.08. The van der Waals surface area contributed by atoms with E-state index in [9.17, 15) is 0 Å². The van der Waals surface area contributed by atoms with Gasteiger partial charge in [0, 0.05) is 22.5 Å². The Morgan fingerprint density at radius 1 is 1.33 bits per heavy atom. The molecule has 0 aliphatic carbocycles. The first kappa shape index (κ1) is 14.3. The molecule has 0 bridgehead atoms. The summed E-state index contributed by atoms with van der Waals surface area (Å²) < 4.78 is 5.21. The van der Waals surface area contributed by atoms with Gasteiger partial charge in [-0.1, -0.05) is 29.4 Å². The average Bonchev–Trinajstić information content (AvgIpc) is 2.88. The number of ether oxygens (including phenoxy) is 1. The summed E-state index contributed by atoms with van der Waals surface area (Å²) >= 11 is 7.69. The molecule has 2 aromatic carbocycles. The smallest absolute Gasteiger partial charge is 0.171 e. The van der Waals surface area contributed by atoms with E-state index in [4.69, 9.17) is 22.1 Å². The van der Waals surface area contributed by atoms with Crippen LogP contribution >= 0.6 is 23.4 Å². The Kier molecular flexibility index (Phi) is 4.05. The van der Waals surface area contributed by atoms with Crippen molar-refractivity contribution in [1.29, 1.82) is 0 Å². The topological polar surface area (TPSA) is 63.9 Å². The number of fused-ring (bicyclic) bond motifs is 1. The van der Waals surface area contributed by atoms with Gasteiger partial charge in [0.15, 0.2) is 5.16 Å². The number of nitrogens with one attached hydrogen (secondary N) is 1. The van der Waals surface area contributed by atoms with Crippen LogP contribution in [0.15, 0.2) is 46.5 Å². The first-order chi connectivity index (χ1) is 10.2. The van der Waals surface area contributed by atoms with E-state index in [2.05, 4.69) is 9.97 Å². The van der Waals surface area contributed by atoms with Crippen molar-refractivity contribution in [1.82, 2.24) is 9.97 Å². The van der Waals surface area contributed by atoms with Crippen LogP contribution in [0.1, 0.15) is 5.56 Å². The minimum Gasteiger partial charge on any atom is -0.497 e. The van der Waals surface area contributed by atoms with Crippen LogP contribution in [-0.2, 0) is 6.54 Å². The molecule has 0 saturated heterocycles. The number of imidazole rings is 1. The molecule has 0 spiro atoms. The van der Waals surface area contributed by atoms with Crippen LogP contribution < -0.4 is 10.5 Å². The molecule has 21 heavy (non-hydrogen) atoms. The van der Waals surface area contributed by atoms with Crippen molar-refractivity contribution < 1.29 is 4.74 Å². The van der Waals surface area contributed by atoms with Crippen molar-refractivity contribution in [2.45, 2.75) is 16.6 Å². The Morgan fingerprint density at radius 3 is 2.95 bits per heavy atom. The molecule has 1 heterocycles. The molecule has 0 aliphatic heterocycles. The van der Waals surface area contributed by atoms with Gasteiger partial charge in [-0.2, -0.15) is 0 Å². The lowest BCUT2D eigenvalue weighted by Crippen LogP contribution is -1.99. The first-order valence-corrected chi connectivity index (χ1v) is 7.60. The maximum Gasteiger partial charge on any atom is 0.171 e. The van der Waals surface area contributed by atoms with Gasteiger partial charge in [0.05, 0.1) is 18.1 Å². The van der Waals surface area contributed by atoms with Gasteiger partial charge in [-0.3, -0.25) is 0 Å². The van der Waals surface area contributed by atoms with Gasteiger partial charge < -0.3 is 15.5 Å². The predicted molar refractivity (Wildman–Crippen MR) is 86.1 cm³/mol. The summed E-state index contributed by atoms with van der Waals surface area (Å²) in [6, 6.07) is 11.5. The molecular weight excluding hydrogens is 306 g/mol. The molecule has 0 saturated carbocycles. The average molecular weight is 320 g/mol. The zero-order valence-electron chi connectivity index (χ0n) is 11.4. The summed E-state index contributed by atoms with van der Waals surface area (Å²) in [6.07, 6.45) is 0. The lowest BCUT2D eigenvalue weighted by Gasteiger charge is -2.07. The third-order valence-electron chi connectivity index (χ3n) is 3.15. The first-order valence-electron chi connectivity index (χ1n) is 6.40. The molecule has 0 amide bonds. The van der Waals surface area contributed by atoms with E-state index in [0.717, 1.165) is 32.4 Å². The molecule has 0 unspecified atom stereocenters. The van der Waals surface area contributed by atoms with Crippen LogP contribution in [0.4, 0.5) is 0 Å². The van der Waals surface area contributed by atoms with E-state index in [0.29, 0.717) is 11.6 Å². The highest BCUT2D eigenvalue weighted by atomic mass is 35.5. The van der Waals surface area contributed by atoms with Gasteiger partial charge >= 0.3 is 0 Å². The molecule has 3 rings (SSSR count). The molecule has 4 nitrogen and oxygen atoms in total. The van der Waals surface area contributed by atoms with Crippen LogP contribution in [0.2, 0.25) is 5.02 Å². The lowest BCUT2D eigenvalue weighted by molar-refractivity contribution is 0.415. The molecule has 0 radical (unpaired) electrons. The summed E-state index contributed by atoms with van der Waals surface area (Å²) in [5.74, 6) is 0.799. The number of methoxy groups -OCH3 is 1. The Hall–Kier alpha value is -1.69. The predicted octanol–water partition coefficient (Wildman–Crippen LogP) is 3.83. The quantitative estimate of drug-likeness (QED) is 0.767. The fourth-order valence-corrected chi connectivity index (χ4v) is 3.36. The van der Waals surface area contributed by atoms with E-state index in [1.807, 2.05) is 36.4 Å². The zero-order valence-corrected chi connectivity index (χ0v) is 13.0. The highest BCUT2D eigenvalue weighted by molar-refractivity contribution is 7.99. The van der Waals surface area contributed by atoms with Crippen molar-refractivity contribution in [3.8, 4) is 5.75 Å². The summed E-state index contributed by atoms with van der Waals surface area (Å²) in [6.45, 7) is 0.399. The fraction of sp³-hybridized carbons (Fsp3) is 0.133. The standard InChI is InChI=1S/C15H14ClN3OS/c1-20-9-5-6-12-13(7-9)19-15(18-12)21-14-4-2-3-11(16)10(14)8-17/h2-7H,8,17H2,1H3,(H,18,19). The van der Waals surface area contributed by atoms with Crippen molar-refractivity contribution in [3.63, 3.8) is 0 Å². The van der Waals surface area contributed by atoms with Crippen molar-refractivity contribution in [2.24, 2.45) is 5.73 Å². The van der Waals surface area contributed by atoms with Crippen LogP contribution in [0.25, 0.3) is 11.0 Å². The molecule has 108 valence electrons. The van der Waals surface area contributed by atoms with Gasteiger partial charge in [-0.25, -0.2) is 4.98 Å². The van der Waals surface area contributed by atoms with Gasteiger partial charge in [0.2, 0.25) is 0 Å². The molecule has 0 atom stereocenters. The van der Waals surface area contributed by atoms with E-state index < -0.39 is 0 Å². The molecule has 3 N–H and O–H groups in total. The lowest BCUT2D eigenvalue weighted by atomic mass is 10.2. The van der Waals surface area contributed by atoms with E-state index in [1.165, 1.54) is 11.8 Å². The second kappa shape index (κ2) is 5.97. The monoisotopic (exact) mass is 319 g/mol. The molecule has 3 aromatic rings. The number of hydrogen-bond acceptors (Lipinski definition) is 4. The molecule has 0 fully saturated rings. The molecule has 0 aliphatic rings. The summed E-state index contributed by atoms with van der Waals surface area (Å²) in [5, 5.41) is 1.48. The maximum atomic E-state index is 6.17. The van der Waals surface area contributed by atoms with Gasteiger partial charge in [0.25, 0.3) is 0 Å². The summed E-state index contributed by atoms with van der Waals surface area (Å²) in [5.41, 5.74) is 8.54. The highest BCUT2D eigenvalue weighted by Gasteiger charge is 2.10. The van der Waals surface area contributed by atoms with E-state index >= 15 is 0 Å². The Bertz CT molecular complexity index is 788. The van der Waals surface area contributed by atoms with Crippen LogP contribution in [0, 0.1) is 0 Å². The van der Waals surface area contributed by atoms with Crippen molar-refractivity contribution in [3.05, 3.63) is 47.0 Å². The molecule has 1 aromatic heterocycles. The SMILES string of the molecule is COc1ccc2nc(Sc3cccc(Cl)c3CN)[nH]c2c1. The molecular formula is C15H14ClN3OS. The summed E-state index contributed by atoms with van der Waals surface area (Å²) in [4.78, 5) is 8.84.